The zero-order chi connectivity index (χ0) is 13.3. The van der Waals surface area contributed by atoms with Gasteiger partial charge in [-0.1, -0.05) is 0 Å². The van der Waals surface area contributed by atoms with Crippen LogP contribution in [0.15, 0.2) is 24.4 Å². The fourth-order valence-corrected chi connectivity index (χ4v) is 1.88. The van der Waals surface area contributed by atoms with E-state index in [0.717, 1.165) is 22.2 Å². The molecule has 1 heterocycles. The van der Waals surface area contributed by atoms with Gasteiger partial charge in [0.2, 0.25) is 0 Å². The van der Waals surface area contributed by atoms with Crippen molar-refractivity contribution in [1.29, 1.82) is 0 Å². The molecule has 1 aromatic carbocycles. The van der Waals surface area contributed by atoms with Gasteiger partial charge in [-0.15, -0.1) is 0 Å². The van der Waals surface area contributed by atoms with Crippen LogP contribution >= 0.6 is 0 Å². The number of benzene rings is 1. The van der Waals surface area contributed by atoms with E-state index in [-0.39, 0.29) is 12.1 Å². The molecule has 1 aromatic heterocycles. The molecule has 4 heteroatoms. The average molecular weight is 245 g/mol. The molecule has 18 heavy (non-hydrogen) atoms. The number of hydrogen-bond acceptors (Lipinski definition) is 4. The monoisotopic (exact) mass is 245 g/mol. The molecule has 0 saturated carbocycles. The van der Waals surface area contributed by atoms with Gasteiger partial charge in [0.05, 0.1) is 12.1 Å². The molecule has 0 bridgehead atoms. The number of anilines is 2. The largest absolute Gasteiger partial charge is 0.398 e. The molecule has 0 fully saturated rings. The SMILES string of the molecule is Cc1cc2c(NC(C)(C)CO)ccc(N)c2cn1. The van der Waals surface area contributed by atoms with Gasteiger partial charge in [0.25, 0.3) is 0 Å². The van der Waals surface area contributed by atoms with E-state index >= 15 is 0 Å². The number of nitrogens with one attached hydrogen (secondary N) is 1. The lowest BCUT2D eigenvalue weighted by atomic mass is 10.0. The zero-order valence-electron chi connectivity index (χ0n) is 11.0. The Morgan fingerprint density at radius 2 is 2.06 bits per heavy atom. The summed E-state index contributed by atoms with van der Waals surface area (Å²) in [4.78, 5) is 4.27. The molecule has 2 rings (SSSR count). The van der Waals surface area contributed by atoms with Gasteiger partial charge in [-0.2, -0.15) is 0 Å². The number of rotatable bonds is 3. The Morgan fingerprint density at radius 3 is 2.72 bits per heavy atom. The fraction of sp³-hybridized carbons (Fsp3) is 0.357. The highest BCUT2D eigenvalue weighted by Crippen LogP contribution is 2.30. The van der Waals surface area contributed by atoms with Crippen molar-refractivity contribution in [3.05, 3.63) is 30.1 Å². The highest BCUT2D eigenvalue weighted by Gasteiger charge is 2.17. The first-order valence-electron chi connectivity index (χ1n) is 5.97. The standard InChI is InChI=1S/C14H19N3O/c1-9-6-10-11(7-16-9)12(15)4-5-13(10)17-14(2,3)8-18/h4-7,17-18H,8,15H2,1-3H3. The van der Waals surface area contributed by atoms with Crippen LogP contribution in [0.4, 0.5) is 11.4 Å². The predicted molar refractivity (Wildman–Crippen MR) is 75.7 cm³/mol. The molecular weight excluding hydrogens is 226 g/mol. The highest BCUT2D eigenvalue weighted by atomic mass is 16.3. The molecule has 0 spiro atoms. The van der Waals surface area contributed by atoms with Crippen molar-refractivity contribution in [3.8, 4) is 0 Å². The van der Waals surface area contributed by atoms with Gasteiger partial charge in [0, 0.05) is 34.0 Å². The van der Waals surface area contributed by atoms with Crippen LogP contribution in [0.25, 0.3) is 10.8 Å². The molecule has 4 N–H and O–H groups in total. The van der Waals surface area contributed by atoms with Crippen LogP contribution in [0.1, 0.15) is 19.5 Å². The minimum atomic E-state index is -0.375. The van der Waals surface area contributed by atoms with Crippen LogP contribution < -0.4 is 11.1 Å². The van der Waals surface area contributed by atoms with Gasteiger partial charge >= 0.3 is 0 Å². The number of aryl methyl sites for hydroxylation is 1. The van der Waals surface area contributed by atoms with Crippen LogP contribution in [-0.4, -0.2) is 22.2 Å². The van der Waals surface area contributed by atoms with E-state index in [4.69, 9.17) is 5.73 Å². The Morgan fingerprint density at radius 1 is 1.33 bits per heavy atom. The zero-order valence-corrected chi connectivity index (χ0v) is 11.0. The molecule has 0 radical (unpaired) electrons. The van der Waals surface area contributed by atoms with Crippen molar-refractivity contribution in [2.24, 2.45) is 0 Å². The van der Waals surface area contributed by atoms with Gasteiger partial charge in [-0.25, -0.2) is 0 Å². The second-order valence-corrected chi connectivity index (χ2v) is 5.24. The van der Waals surface area contributed by atoms with E-state index in [1.54, 1.807) is 6.20 Å². The second-order valence-electron chi connectivity index (χ2n) is 5.24. The van der Waals surface area contributed by atoms with E-state index in [1.165, 1.54) is 0 Å². The third kappa shape index (κ3) is 2.38. The lowest BCUT2D eigenvalue weighted by Gasteiger charge is -2.26. The van der Waals surface area contributed by atoms with E-state index < -0.39 is 0 Å². The number of aromatic nitrogens is 1. The first-order valence-corrected chi connectivity index (χ1v) is 5.97. The van der Waals surface area contributed by atoms with Crippen LogP contribution in [0, 0.1) is 6.92 Å². The topological polar surface area (TPSA) is 71.2 Å². The molecule has 4 nitrogen and oxygen atoms in total. The summed E-state index contributed by atoms with van der Waals surface area (Å²) in [6.45, 7) is 5.90. The molecule has 0 unspecified atom stereocenters. The van der Waals surface area contributed by atoms with Gasteiger partial charge in [-0.05, 0) is 39.0 Å². The number of nitrogens with zero attached hydrogens (tertiary/aromatic N) is 1. The summed E-state index contributed by atoms with van der Waals surface area (Å²) in [5, 5.41) is 14.6. The normalized spacial score (nSPS) is 11.8. The van der Waals surface area contributed by atoms with Crippen LogP contribution in [0.5, 0.6) is 0 Å². The van der Waals surface area contributed by atoms with Crippen LogP contribution in [0.3, 0.4) is 0 Å². The number of aliphatic hydroxyl groups is 1. The number of hydrogen-bond donors (Lipinski definition) is 3. The molecule has 0 amide bonds. The van der Waals surface area contributed by atoms with Crippen molar-refractivity contribution < 1.29 is 5.11 Å². The second kappa shape index (κ2) is 4.46. The first kappa shape index (κ1) is 12.6. The van der Waals surface area contributed by atoms with E-state index in [1.807, 2.05) is 39.0 Å². The lowest BCUT2D eigenvalue weighted by molar-refractivity contribution is 0.234. The number of nitrogen functional groups attached to an aromatic ring is 1. The van der Waals surface area contributed by atoms with Crippen molar-refractivity contribution in [2.45, 2.75) is 26.3 Å². The number of nitrogens with two attached hydrogens (primary N) is 1. The molecule has 0 atom stereocenters. The molecule has 0 aliphatic heterocycles. The maximum Gasteiger partial charge on any atom is 0.0656 e. The summed E-state index contributed by atoms with van der Waals surface area (Å²) in [6.07, 6.45) is 1.79. The maximum atomic E-state index is 9.34. The highest BCUT2D eigenvalue weighted by molar-refractivity contribution is 6.00. The van der Waals surface area contributed by atoms with E-state index in [2.05, 4.69) is 10.3 Å². The Bertz CT molecular complexity index is 579. The summed E-state index contributed by atoms with van der Waals surface area (Å²) in [5.41, 5.74) is 8.20. The van der Waals surface area contributed by atoms with Crippen molar-refractivity contribution in [2.75, 3.05) is 17.7 Å². The summed E-state index contributed by atoms with van der Waals surface area (Å²) in [6, 6.07) is 5.80. The Labute approximate surface area is 107 Å². The van der Waals surface area contributed by atoms with Crippen LogP contribution in [0.2, 0.25) is 0 Å². The van der Waals surface area contributed by atoms with Gasteiger partial charge in [0.1, 0.15) is 0 Å². The lowest BCUT2D eigenvalue weighted by Crippen LogP contribution is -2.34. The van der Waals surface area contributed by atoms with Gasteiger partial charge in [-0.3, -0.25) is 4.98 Å². The van der Waals surface area contributed by atoms with Crippen molar-refractivity contribution in [3.63, 3.8) is 0 Å². The Kier molecular flexibility index (Phi) is 3.13. The third-order valence-corrected chi connectivity index (χ3v) is 2.94. The molecule has 0 aliphatic carbocycles. The van der Waals surface area contributed by atoms with Crippen molar-refractivity contribution >= 4 is 22.1 Å². The first-order chi connectivity index (χ1) is 8.43. The number of fused-ring (bicyclic) bond motifs is 1. The molecule has 0 saturated heterocycles. The van der Waals surface area contributed by atoms with Gasteiger partial charge < -0.3 is 16.2 Å². The van der Waals surface area contributed by atoms with E-state index in [0.29, 0.717) is 5.69 Å². The predicted octanol–water partition coefficient (Wildman–Crippen LogP) is 2.31. The smallest absolute Gasteiger partial charge is 0.0656 e. The molecule has 2 aromatic rings. The van der Waals surface area contributed by atoms with Crippen molar-refractivity contribution in [1.82, 2.24) is 4.98 Å². The molecular formula is C14H19N3O. The third-order valence-electron chi connectivity index (χ3n) is 2.94. The molecule has 0 aliphatic rings. The molecule has 96 valence electrons. The fourth-order valence-electron chi connectivity index (χ4n) is 1.88. The van der Waals surface area contributed by atoms with Crippen LogP contribution in [-0.2, 0) is 0 Å². The van der Waals surface area contributed by atoms with Gasteiger partial charge in [0.15, 0.2) is 0 Å². The summed E-state index contributed by atoms with van der Waals surface area (Å²) >= 11 is 0. The summed E-state index contributed by atoms with van der Waals surface area (Å²) < 4.78 is 0. The Hall–Kier alpha value is -1.81. The maximum absolute atomic E-state index is 9.34. The minimum absolute atomic E-state index is 0.0585. The number of pyridine rings is 1. The summed E-state index contributed by atoms with van der Waals surface area (Å²) in [5.74, 6) is 0. The Balaban J connectivity index is 2.58. The summed E-state index contributed by atoms with van der Waals surface area (Å²) in [7, 11) is 0. The van der Waals surface area contributed by atoms with E-state index in [9.17, 15) is 5.11 Å². The average Bonchev–Trinajstić information content (AvgIpc) is 2.33. The number of aliphatic hydroxyl groups excluding tert-OH is 1. The minimum Gasteiger partial charge on any atom is -0.398 e. The quantitative estimate of drug-likeness (QED) is 0.726.